The SMILES string of the molecule is C[C@H](O[C@H](NC(=O)CCCCCCN=C(NC(=O)OCc1ccccc1)NC(=O)OCc1ccccc1)C(=O)NCCCCN(CCCNC(=O)OCc1ccccc1)C(=O)OCc1ccccc1)c1ccc2ccccc2c1. The van der Waals surface area contributed by atoms with Crippen molar-refractivity contribution >= 4 is 52.9 Å². The third-order valence-electron chi connectivity index (χ3n) is 12.3. The third kappa shape index (κ3) is 23.2. The molecule has 6 amide bonds. The molecular weight excluding hydrogens is 1010 g/mol. The van der Waals surface area contributed by atoms with Crippen LogP contribution in [0.25, 0.3) is 10.8 Å². The molecule has 0 aromatic heterocycles. The molecule has 0 bridgehead atoms. The number of nitrogens with one attached hydrogen (secondary N) is 5. The van der Waals surface area contributed by atoms with Crippen molar-refractivity contribution in [2.24, 2.45) is 4.99 Å². The molecule has 0 radical (unpaired) electrons. The Labute approximate surface area is 461 Å². The summed E-state index contributed by atoms with van der Waals surface area (Å²) in [5, 5.41) is 15.5. The molecule has 18 nitrogen and oxygen atoms in total. The van der Waals surface area contributed by atoms with Gasteiger partial charge in [0.25, 0.3) is 5.91 Å². The van der Waals surface area contributed by atoms with Crippen LogP contribution in [0.5, 0.6) is 0 Å². The number of ether oxygens (including phenoxy) is 5. The summed E-state index contributed by atoms with van der Waals surface area (Å²) in [5.41, 5.74) is 4.11. The van der Waals surface area contributed by atoms with Gasteiger partial charge in [0.1, 0.15) is 26.4 Å². The Bertz CT molecular complexity index is 2780. The Morgan fingerprint density at radius 2 is 0.987 bits per heavy atom. The quantitative estimate of drug-likeness (QED) is 0.00977. The van der Waals surface area contributed by atoms with Crippen molar-refractivity contribution in [2.75, 3.05) is 32.7 Å². The molecule has 6 aromatic rings. The van der Waals surface area contributed by atoms with E-state index in [9.17, 15) is 28.8 Å². The number of carbonyl (C=O) groups excluding carboxylic acids is 6. The van der Waals surface area contributed by atoms with Crippen molar-refractivity contribution in [3.8, 4) is 0 Å². The smallest absolute Gasteiger partial charge is 0.414 e. The molecule has 18 heteroatoms. The summed E-state index contributed by atoms with van der Waals surface area (Å²) in [4.78, 5) is 84.3. The zero-order valence-corrected chi connectivity index (χ0v) is 44.6. The highest BCUT2D eigenvalue weighted by Gasteiger charge is 2.25. The van der Waals surface area contributed by atoms with Gasteiger partial charge in [-0.05, 0) is 83.7 Å². The molecule has 0 fully saturated rings. The first-order valence-electron chi connectivity index (χ1n) is 26.7. The van der Waals surface area contributed by atoms with E-state index in [-0.39, 0.29) is 64.3 Å². The minimum atomic E-state index is -1.31. The minimum absolute atomic E-state index is 0.0168. The van der Waals surface area contributed by atoms with E-state index in [1.54, 1.807) is 4.90 Å². The molecule has 0 saturated heterocycles. The van der Waals surface area contributed by atoms with E-state index < -0.39 is 42.6 Å². The molecule has 0 aliphatic heterocycles. The Hall–Kier alpha value is -8.77. The summed E-state index contributed by atoms with van der Waals surface area (Å²) in [5.74, 6) is -1.01. The Morgan fingerprint density at radius 1 is 0.494 bits per heavy atom. The molecule has 6 aromatic carbocycles. The molecule has 0 spiro atoms. The zero-order chi connectivity index (χ0) is 55.7. The maximum absolute atomic E-state index is 13.8. The highest BCUT2D eigenvalue weighted by atomic mass is 16.6. The topological polar surface area (TPSA) is 224 Å². The predicted octanol–water partition coefficient (Wildman–Crippen LogP) is 10.4. The van der Waals surface area contributed by atoms with Crippen LogP contribution < -0.4 is 26.6 Å². The molecule has 0 unspecified atom stereocenters. The summed E-state index contributed by atoms with van der Waals surface area (Å²) >= 11 is 0. The number of alkyl carbamates (subject to hydrolysis) is 3. The van der Waals surface area contributed by atoms with Gasteiger partial charge in [-0.15, -0.1) is 0 Å². The summed E-state index contributed by atoms with van der Waals surface area (Å²) in [6.45, 7) is 3.48. The standard InChI is InChI=1S/C61H71N7O11/c1-46(52-35-34-51-31-17-18-32-53(51)41-52)79-56(55(70)62-36-20-21-39-68(61(74)78-45-50-29-14-7-15-30-50)40-22-38-64-58(71)75-42-47-23-8-4-9-24-47)65-54(69)33-16-2-3-19-37-63-57(66-59(72)76-43-48-25-10-5-11-26-48)67-60(73)77-44-49-27-12-6-13-28-49/h4-15,17-18,23-32,34-35,41,46,56H,2-3,16,19-22,33,36-40,42-45H2,1H3,(H,62,70)(H,64,71)(H,65,69)(H2,63,66,67,72,73)/t46-,56-/m0/s1. The number of carbonyl (C=O) groups is 6. The van der Waals surface area contributed by atoms with Gasteiger partial charge in [0, 0.05) is 39.1 Å². The van der Waals surface area contributed by atoms with Gasteiger partial charge in [0.2, 0.25) is 18.1 Å². The van der Waals surface area contributed by atoms with Crippen molar-refractivity contribution < 1.29 is 52.5 Å². The van der Waals surface area contributed by atoms with Crippen LogP contribution in [0.1, 0.15) is 92.2 Å². The molecule has 6 rings (SSSR count). The Kier molecular flexibility index (Phi) is 25.7. The Morgan fingerprint density at radius 3 is 1.57 bits per heavy atom. The number of rotatable bonds is 29. The van der Waals surface area contributed by atoms with E-state index in [1.165, 1.54) is 0 Å². The van der Waals surface area contributed by atoms with Gasteiger partial charge in [-0.3, -0.25) is 25.2 Å². The first-order chi connectivity index (χ1) is 38.6. The monoisotopic (exact) mass is 1080 g/mol. The lowest BCUT2D eigenvalue weighted by molar-refractivity contribution is -0.145. The van der Waals surface area contributed by atoms with Crippen molar-refractivity contribution in [3.05, 3.63) is 192 Å². The molecular formula is C61H71N7O11. The Balaban J connectivity index is 0.971. The van der Waals surface area contributed by atoms with Crippen molar-refractivity contribution in [2.45, 2.75) is 97.0 Å². The molecule has 5 N–H and O–H groups in total. The average molecular weight is 1080 g/mol. The number of hydrogen-bond acceptors (Lipinski definition) is 12. The summed E-state index contributed by atoms with van der Waals surface area (Å²) in [7, 11) is 0. The zero-order valence-electron chi connectivity index (χ0n) is 44.6. The second kappa shape index (κ2) is 34.1. The van der Waals surface area contributed by atoms with Crippen LogP contribution >= 0.6 is 0 Å². The van der Waals surface area contributed by atoms with Crippen LogP contribution in [0.2, 0.25) is 0 Å². The van der Waals surface area contributed by atoms with Gasteiger partial charge in [-0.1, -0.05) is 171 Å². The van der Waals surface area contributed by atoms with Gasteiger partial charge in [-0.25, -0.2) is 19.2 Å². The van der Waals surface area contributed by atoms with Crippen LogP contribution in [-0.2, 0) is 59.7 Å². The summed E-state index contributed by atoms with van der Waals surface area (Å²) < 4.78 is 27.9. The van der Waals surface area contributed by atoms with Crippen molar-refractivity contribution in [1.82, 2.24) is 31.5 Å². The number of unbranched alkanes of at least 4 members (excludes halogenated alkanes) is 4. The van der Waals surface area contributed by atoms with Crippen LogP contribution in [0.4, 0.5) is 19.2 Å². The first-order valence-corrected chi connectivity index (χ1v) is 26.7. The average Bonchev–Trinajstić information content (AvgIpc) is 3.47. The van der Waals surface area contributed by atoms with Gasteiger partial charge in [0.15, 0.2) is 0 Å². The van der Waals surface area contributed by atoms with Gasteiger partial charge in [0.05, 0.1) is 6.10 Å². The van der Waals surface area contributed by atoms with E-state index in [0.717, 1.165) is 38.6 Å². The van der Waals surface area contributed by atoms with E-state index in [2.05, 4.69) is 31.6 Å². The lowest BCUT2D eigenvalue weighted by atomic mass is 10.0. The number of hydrogen-bond donors (Lipinski definition) is 5. The first kappa shape index (κ1) is 59.5. The fourth-order valence-electron chi connectivity index (χ4n) is 7.96. The van der Waals surface area contributed by atoms with E-state index >= 15 is 0 Å². The molecule has 2 atom stereocenters. The number of amides is 6. The minimum Gasteiger partial charge on any atom is -0.445 e. The molecule has 0 saturated carbocycles. The van der Waals surface area contributed by atoms with Gasteiger partial charge >= 0.3 is 24.4 Å². The van der Waals surface area contributed by atoms with Crippen LogP contribution in [-0.4, -0.2) is 86.0 Å². The summed E-state index contributed by atoms with van der Waals surface area (Å²) in [6, 6.07) is 50.9. The maximum atomic E-state index is 13.8. The fraction of sp³-hybridized carbons (Fsp3) is 0.328. The molecule has 416 valence electrons. The number of benzene rings is 6. The lowest BCUT2D eigenvalue weighted by Gasteiger charge is -2.24. The molecule has 0 aliphatic rings. The highest BCUT2D eigenvalue weighted by molar-refractivity contribution is 6.01. The third-order valence-corrected chi connectivity index (χ3v) is 12.3. The van der Waals surface area contributed by atoms with Crippen LogP contribution in [0, 0.1) is 0 Å². The van der Waals surface area contributed by atoms with E-state index in [1.807, 2.05) is 171 Å². The number of fused-ring (bicyclic) bond motifs is 1. The van der Waals surface area contributed by atoms with E-state index in [4.69, 9.17) is 23.7 Å². The number of aliphatic imine (C=N–C) groups is 1. The largest absolute Gasteiger partial charge is 0.445 e. The lowest BCUT2D eigenvalue weighted by Crippen LogP contribution is -2.49. The second-order valence-electron chi connectivity index (χ2n) is 18.5. The molecule has 0 aliphatic carbocycles. The number of nitrogens with zero attached hydrogens (tertiary/aromatic N) is 2. The maximum Gasteiger partial charge on any atom is 0.414 e. The number of guanidine groups is 1. The van der Waals surface area contributed by atoms with Crippen molar-refractivity contribution in [1.29, 1.82) is 0 Å². The normalized spacial score (nSPS) is 11.5. The highest BCUT2D eigenvalue weighted by Crippen LogP contribution is 2.24. The van der Waals surface area contributed by atoms with Gasteiger partial charge in [-0.2, -0.15) is 0 Å². The molecule has 79 heavy (non-hydrogen) atoms. The molecule has 0 heterocycles. The van der Waals surface area contributed by atoms with Crippen molar-refractivity contribution in [3.63, 3.8) is 0 Å². The van der Waals surface area contributed by atoms with Crippen LogP contribution in [0.15, 0.2) is 169 Å². The van der Waals surface area contributed by atoms with E-state index in [0.29, 0.717) is 58.0 Å². The predicted molar refractivity (Wildman–Crippen MR) is 300 cm³/mol. The van der Waals surface area contributed by atoms with Gasteiger partial charge < -0.3 is 44.5 Å². The summed E-state index contributed by atoms with van der Waals surface area (Å²) in [6.07, 6.45) is -0.580. The second-order valence-corrected chi connectivity index (χ2v) is 18.5. The van der Waals surface area contributed by atoms with Crippen LogP contribution in [0.3, 0.4) is 0 Å². The fourth-order valence-corrected chi connectivity index (χ4v) is 7.96.